The molecule has 0 spiro atoms. The maximum absolute atomic E-state index is 12.5. The van der Waals surface area contributed by atoms with E-state index >= 15 is 0 Å². The Balaban J connectivity index is 2.75. The number of carbonyl (C=O) groups is 2. The van der Waals surface area contributed by atoms with Crippen LogP contribution in [0.1, 0.15) is 61.8 Å². The molecule has 4 atom stereocenters. The zero-order valence-electron chi connectivity index (χ0n) is 15.1. The van der Waals surface area contributed by atoms with Crippen molar-refractivity contribution in [3.63, 3.8) is 0 Å². The van der Waals surface area contributed by atoms with Crippen LogP contribution in [-0.2, 0) is 9.59 Å². The summed E-state index contributed by atoms with van der Waals surface area (Å²) in [6.07, 6.45) is 1.22. The molecule has 4 unspecified atom stereocenters. The summed E-state index contributed by atoms with van der Waals surface area (Å²) in [5.74, 6) is -0.876. The first-order chi connectivity index (χ1) is 10.6. The molecule has 0 amide bonds. The standard InChI is InChI=1S/C20H28O3/c1-11-9-13(3)17(14(4)10-11)18-15(5)12(2)7-8-20(18,16(6)21)19(22)23/h9-10,12,15,18H,7-8H2,1-6H3,(H,22,23). The zero-order chi connectivity index (χ0) is 17.5. The van der Waals surface area contributed by atoms with Gasteiger partial charge in [0.25, 0.3) is 0 Å². The number of ketones is 1. The number of aliphatic carboxylic acids is 1. The van der Waals surface area contributed by atoms with E-state index in [1.807, 2.05) is 20.8 Å². The molecular weight excluding hydrogens is 288 g/mol. The van der Waals surface area contributed by atoms with E-state index < -0.39 is 11.4 Å². The number of hydrogen-bond donors (Lipinski definition) is 1. The number of rotatable bonds is 3. The molecular formula is C20H28O3. The number of carbonyl (C=O) groups excluding carboxylic acids is 1. The van der Waals surface area contributed by atoms with E-state index in [4.69, 9.17) is 0 Å². The first-order valence-corrected chi connectivity index (χ1v) is 8.45. The summed E-state index contributed by atoms with van der Waals surface area (Å²) in [5.41, 5.74) is 3.13. The van der Waals surface area contributed by atoms with E-state index in [0.717, 1.165) is 23.1 Å². The van der Waals surface area contributed by atoms with E-state index in [0.29, 0.717) is 12.3 Å². The highest BCUT2D eigenvalue weighted by Gasteiger charge is 2.56. The van der Waals surface area contributed by atoms with Crippen LogP contribution in [0.4, 0.5) is 0 Å². The molecule has 1 fully saturated rings. The van der Waals surface area contributed by atoms with Crippen LogP contribution in [0.5, 0.6) is 0 Å². The van der Waals surface area contributed by atoms with Gasteiger partial charge in [-0.1, -0.05) is 31.5 Å². The SMILES string of the molecule is CC(=O)C1(C(=O)O)CCC(C)C(C)C1c1c(C)cc(C)cc1C. The monoisotopic (exact) mass is 316 g/mol. The highest BCUT2D eigenvalue weighted by molar-refractivity contribution is 6.03. The van der Waals surface area contributed by atoms with Crippen LogP contribution in [0.15, 0.2) is 12.1 Å². The molecule has 0 aliphatic heterocycles. The van der Waals surface area contributed by atoms with Crippen molar-refractivity contribution in [2.45, 2.75) is 60.3 Å². The van der Waals surface area contributed by atoms with Crippen molar-refractivity contribution in [1.82, 2.24) is 0 Å². The third-order valence-corrected chi connectivity index (χ3v) is 6.01. The molecule has 1 aliphatic rings. The summed E-state index contributed by atoms with van der Waals surface area (Å²) in [7, 11) is 0. The van der Waals surface area contributed by atoms with Crippen LogP contribution in [0.25, 0.3) is 0 Å². The quantitative estimate of drug-likeness (QED) is 0.840. The number of benzene rings is 1. The zero-order valence-corrected chi connectivity index (χ0v) is 15.1. The van der Waals surface area contributed by atoms with Crippen molar-refractivity contribution in [1.29, 1.82) is 0 Å². The van der Waals surface area contributed by atoms with Gasteiger partial charge in [0.1, 0.15) is 11.2 Å². The lowest BCUT2D eigenvalue weighted by molar-refractivity contribution is -0.160. The third kappa shape index (κ3) is 2.71. The van der Waals surface area contributed by atoms with Crippen molar-refractivity contribution < 1.29 is 14.7 Å². The van der Waals surface area contributed by atoms with Gasteiger partial charge in [-0.05, 0) is 69.1 Å². The molecule has 0 heterocycles. The van der Waals surface area contributed by atoms with Gasteiger partial charge < -0.3 is 5.11 Å². The minimum Gasteiger partial charge on any atom is -0.480 e. The summed E-state index contributed by atoms with van der Waals surface area (Å²) in [5, 5.41) is 10.0. The lowest BCUT2D eigenvalue weighted by Crippen LogP contribution is -2.50. The number of Topliss-reactive ketones (excluding diaryl/α,β-unsaturated/α-hetero) is 1. The molecule has 0 radical (unpaired) electrons. The average molecular weight is 316 g/mol. The van der Waals surface area contributed by atoms with Crippen molar-refractivity contribution in [3.8, 4) is 0 Å². The highest BCUT2D eigenvalue weighted by Crippen LogP contribution is 2.54. The Labute approximate surface area is 139 Å². The molecule has 0 aromatic heterocycles. The number of hydrogen-bond acceptors (Lipinski definition) is 2. The summed E-state index contributed by atoms with van der Waals surface area (Å²) in [6, 6.07) is 4.20. The Morgan fingerprint density at radius 2 is 1.65 bits per heavy atom. The third-order valence-electron chi connectivity index (χ3n) is 6.01. The first kappa shape index (κ1) is 17.7. The summed E-state index contributed by atoms with van der Waals surface area (Å²) in [4.78, 5) is 24.7. The summed E-state index contributed by atoms with van der Waals surface area (Å²) >= 11 is 0. The lowest BCUT2D eigenvalue weighted by atomic mass is 9.54. The Kier molecular flexibility index (Phi) is 4.70. The fourth-order valence-corrected chi connectivity index (χ4v) is 4.63. The number of carboxylic acids is 1. The lowest BCUT2D eigenvalue weighted by Gasteiger charge is -2.47. The molecule has 3 heteroatoms. The molecule has 23 heavy (non-hydrogen) atoms. The van der Waals surface area contributed by atoms with Crippen molar-refractivity contribution in [3.05, 3.63) is 34.4 Å². The topological polar surface area (TPSA) is 54.4 Å². The minimum atomic E-state index is -1.29. The van der Waals surface area contributed by atoms with Crippen LogP contribution >= 0.6 is 0 Å². The molecule has 126 valence electrons. The van der Waals surface area contributed by atoms with E-state index in [2.05, 4.69) is 26.0 Å². The van der Waals surface area contributed by atoms with Gasteiger partial charge in [0.05, 0.1) is 0 Å². The molecule has 2 rings (SSSR count). The van der Waals surface area contributed by atoms with Crippen molar-refractivity contribution in [2.75, 3.05) is 0 Å². The second kappa shape index (κ2) is 6.10. The van der Waals surface area contributed by atoms with E-state index in [9.17, 15) is 14.7 Å². The molecule has 3 nitrogen and oxygen atoms in total. The largest absolute Gasteiger partial charge is 0.480 e. The van der Waals surface area contributed by atoms with Gasteiger partial charge in [-0.2, -0.15) is 0 Å². The van der Waals surface area contributed by atoms with Crippen molar-refractivity contribution >= 4 is 11.8 Å². The Morgan fingerprint density at radius 3 is 2.09 bits per heavy atom. The fraction of sp³-hybridized carbons (Fsp3) is 0.600. The molecule has 1 aromatic rings. The molecule has 1 N–H and O–H groups in total. The molecule has 1 aromatic carbocycles. The van der Waals surface area contributed by atoms with Gasteiger partial charge in [0.2, 0.25) is 0 Å². The van der Waals surface area contributed by atoms with Gasteiger partial charge >= 0.3 is 5.97 Å². The Morgan fingerprint density at radius 1 is 1.13 bits per heavy atom. The second-order valence-electron chi connectivity index (χ2n) is 7.50. The predicted molar refractivity (Wildman–Crippen MR) is 91.7 cm³/mol. The smallest absolute Gasteiger partial charge is 0.317 e. The Hall–Kier alpha value is -1.64. The number of carboxylic acid groups (broad SMARTS) is 1. The van der Waals surface area contributed by atoms with Crippen LogP contribution in [0, 0.1) is 38.0 Å². The summed E-state index contributed by atoms with van der Waals surface area (Å²) in [6.45, 7) is 11.8. The maximum Gasteiger partial charge on any atom is 0.317 e. The van der Waals surface area contributed by atoms with Gasteiger partial charge in [-0.15, -0.1) is 0 Å². The van der Waals surface area contributed by atoms with E-state index in [1.54, 1.807) is 0 Å². The molecule has 1 saturated carbocycles. The Bertz CT molecular complexity index is 607. The molecule has 0 saturated heterocycles. The van der Waals surface area contributed by atoms with Crippen LogP contribution in [-0.4, -0.2) is 16.9 Å². The highest BCUT2D eigenvalue weighted by atomic mass is 16.4. The molecule has 0 bridgehead atoms. The second-order valence-corrected chi connectivity index (χ2v) is 7.50. The van der Waals surface area contributed by atoms with Gasteiger partial charge in [0.15, 0.2) is 0 Å². The first-order valence-electron chi connectivity index (χ1n) is 8.45. The van der Waals surface area contributed by atoms with E-state index in [1.165, 1.54) is 12.5 Å². The molecule has 1 aliphatic carbocycles. The fourth-order valence-electron chi connectivity index (χ4n) is 4.63. The van der Waals surface area contributed by atoms with Crippen LogP contribution < -0.4 is 0 Å². The van der Waals surface area contributed by atoms with Crippen LogP contribution in [0.2, 0.25) is 0 Å². The van der Waals surface area contributed by atoms with Gasteiger partial charge in [-0.25, -0.2) is 0 Å². The average Bonchev–Trinajstić information content (AvgIpc) is 2.42. The summed E-state index contributed by atoms with van der Waals surface area (Å²) < 4.78 is 0. The normalized spacial score (nSPS) is 31.0. The van der Waals surface area contributed by atoms with Crippen molar-refractivity contribution in [2.24, 2.45) is 17.3 Å². The predicted octanol–water partition coefficient (Wildman–Crippen LogP) is 4.42. The minimum absolute atomic E-state index is 0.156. The number of aryl methyl sites for hydroxylation is 3. The van der Waals surface area contributed by atoms with Crippen LogP contribution in [0.3, 0.4) is 0 Å². The van der Waals surface area contributed by atoms with E-state index in [-0.39, 0.29) is 17.6 Å². The maximum atomic E-state index is 12.5. The van der Waals surface area contributed by atoms with Gasteiger partial charge in [-0.3, -0.25) is 9.59 Å². The van der Waals surface area contributed by atoms with Gasteiger partial charge in [0, 0.05) is 5.92 Å².